The number of nitrogens with zero attached hydrogens (tertiary/aromatic N) is 1. The van der Waals surface area contributed by atoms with Crippen LogP contribution in [0.2, 0.25) is 0 Å². The molecular weight excluding hydrogens is 263 g/mol. The summed E-state index contributed by atoms with van der Waals surface area (Å²) in [6.07, 6.45) is 6.18. The fourth-order valence-electron chi connectivity index (χ4n) is 2.79. The number of nitrogens with one attached hydrogen (secondary N) is 1. The van der Waals surface area contributed by atoms with Gasteiger partial charge in [-0.1, -0.05) is 18.2 Å². The topological polar surface area (TPSA) is 24.9 Å². The van der Waals surface area contributed by atoms with Gasteiger partial charge in [0.1, 0.15) is 5.82 Å². The van der Waals surface area contributed by atoms with E-state index in [-0.39, 0.29) is 11.9 Å². The largest absolute Gasteiger partial charge is 0.303 e. The van der Waals surface area contributed by atoms with Crippen molar-refractivity contribution in [3.05, 3.63) is 65.2 Å². The molecule has 2 atom stereocenters. The van der Waals surface area contributed by atoms with Gasteiger partial charge < -0.3 is 5.32 Å². The highest BCUT2D eigenvalue weighted by Crippen LogP contribution is 2.42. The van der Waals surface area contributed by atoms with E-state index in [1.165, 1.54) is 24.0 Å². The summed E-state index contributed by atoms with van der Waals surface area (Å²) in [7, 11) is 0. The Bertz CT molecular complexity index is 608. The lowest BCUT2D eigenvalue weighted by Gasteiger charge is -2.24. The average molecular weight is 284 g/mol. The summed E-state index contributed by atoms with van der Waals surface area (Å²) in [5, 5.41) is 3.70. The summed E-state index contributed by atoms with van der Waals surface area (Å²) < 4.78 is 13.5. The zero-order valence-corrected chi connectivity index (χ0v) is 12.5. The van der Waals surface area contributed by atoms with Crippen LogP contribution < -0.4 is 5.32 Å². The molecule has 0 radical (unpaired) electrons. The summed E-state index contributed by atoms with van der Waals surface area (Å²) in [5.74, 6) is 0.530. The highest BCUT2D eigenvalue weighted by Gasteiger charge is 2.33. The van der Waals surface area contributed by atoms with Crippen LogP contribution in [-0.2, 0) is 0 Å². The van der Waals surface area contributed by atoms with Crippen molar-refractivity contribution in [2.75, 3.05) is 0 Å². The van der Waals surface area contributed by atoms with E-state index < -0.39 is 0 Å². The normalized spacial score (nSPS) is 17.5. The molecule has 1 aromatic carbocycles. The minimum atomic E-state index is -0.131. The summed E-state index contributed by atoms with van der Waals surface area (Å²) >= 11 is 0. The smallest absolute Gasteiger partial charge is 0.126 e. The van der Waals surface area contributed by atoms with Gasteiger partial charge in [0, 0.05) is 24.5 Å². The minimum absolute atomic E-state index is 0.131. The van der Waals surface area contributed by atoms with Crippen LogP contribution in [-0.4, -0.2) is 4.98 Å². The van der Waals surface area contributed by atoms with E-state index in [9.17, 15) is 4.39 Å². The lowest BCUT2D eigenvalue weighted by atomic mass is 9.98. The molecule has 0 spiro atoms. The van der Waals surface area contributed by atoms with Crippen molar-refractivity contribution >= 4 is 0 Å². The van der Waals surface area contributed by atoms with Gasteiger partial charge in [-0.25, -0.2) is 4.39 Å². The molecule has 110 valence electrons. The van der Waals surface area contributed by atoms with Gasteiger partial charge in [0.05, 0.1) is 0 Å². The quantitative estimate of drug-likeness (QED) is 0.884. The summed E-state index contributed by atoms with van der Waals surface area (Å²) in [6.45, 7) is 3.98. The summed E-state index contributed by atoms with van der Waals surface area (Å²) in [6, 6.07) is 10.0. The van der Waals surface area contributed by atoms with E-state index in [1.807, 2.05) is 31.3 Å². The first-order valence-electron chi connectivity index (χ1n) is 7.57. The SMILES string of the molecule is Cc1cc(C(NC(C)c2cccnc2)C2CC2)ccc1F. The Balaban J connectivity index is 1.80. The Labute approximate surface area is 125 Å². The van der Waals surface area contributed by atoms with E-state index in [1.54, 1.807) is 12.3 Å². The molecule has 1 heterocycles. The maximum Gasteiger partial charge on any atom is 0.126 e. The average Bonchev–Trinajstić information content (AvgIpc) is 3.33. The number of benzene rings is 1. The van der Waals surface area contributed by atoms with Gasteiger partial charge in [0.15, 0.2) is 0 Å². The molecule has 0 amide bonds. The molecular formula is C18H21FN2. The van der Waals surface area contributed by atoms with Gasteiger partial charge in [-0.05, 0) is 61.4 Å². The molecule has 2 aromatic rings. The lowest BCUT2D eigenvalue weighted by Crippen LogP contribution is -2.26. The van der Waals surface area contributed by atoms with E-state index in [0.29, 0.717) is 17.5 Å². The Morgan fingerprint density at radius 3 is 2.67 bits per heavy atom. The van der Waals surface area contributed by atoms with E-state index >= 15 is 0 Å². The summed E-state index contributed by atoms with van der Waals surface area (Å²) in [4.78, 5) is 4.18. The van der Waals surface area contributed by atoms with Crippen molar-refractivity contribution < 1.29 is 4.39 Å². The van der Waals surface area contributed by atoms with Crippen LogP contribution in [0.4, 0.5) is 4.39 Å². The third-order valence-electron chi connectivity index (χ3n) is 4.25. The lowest BCUT2D eigenvalue weighted by molar-refractivity contribution is 0.426. The van der Waals surface area contributed by atoms with Crippen molar-refractivity contribution in [3.8, 4) is 0 Å². The predicted octanol–water partition coefficient (Wildman–Crippen LogP) is 4.33. The second-order valence-corrected chi connectivity index (χ2v) is 6.00. The molecule has 0 bridgehead atoms. The molecule has 1 fully saturated rings. The molecule has 2 unspecified atom stereocenters. The molecule has 1 aliphatic carbocycles. The molecule has 0 saturated heterocycles. The van der Waals surface area contributed by atoms with E-state index in [4.69, 9.17) is 0 Å². The van der Waals surface area contributed by atoms with Crippen LogP contribution in [0.5, 0.6) is 0 Å². The second kappa shape index (κ2) is 5.94. The van der Waals surface area contributed by atoms with Gasteiger partial charge in [-0.15, -0.1) is 0 Å². The minimum Gasteiger partial charge on any atom is -0.303 e. The zero-order valence-electron chi connectivity index (χ0n) is 12.5. The van der Waals surface area contributed by atoms with Crippen molar-refractivity contribution in [2.24, 2.45) is 5.92 Å². The fraction of sp³-hybridized carbons (Fsp3) is 0.389. The number of rotatable bonds is 5. The third-order valence-corrected chi connectivity index (χ3v) is 4.25. The van der Waals surface area contributed by atoms with Crippen LogP contribution in [0.1, 0.15) is 48.5 Å². The van der Waals surface area contributed by atoms with Crippen molar-refractivity contribution in [2.45, 2.75) is 38.8 Å². The fourth-order valence-corrected chi connectivity index (χ4v) is 2.79. The first-order valence-corrected chi connectivity index (χ1v) is 7.57. The highest BCUT2D eigenvalue weighted by atomic mass is 19.1. The number of aryl methyl sites for hydroxylation is 1. The standard InChI is InChI=1S/C18H21FN2/c1-12-10-15(7-8-17(12)19)18(14-5-6-14)21-13(2)16-4-3-9-20-11-16/h3-4,7-11,13-14,18,21H,5-6H2,1-2H3. The van der Waals surface area contributed by atoms with E-state index in [2.05, 4.69) is 23.3 Å². The Hall–Kier alpha value is -1.74. The van der Waals surface area contributed by atoms with Gasteiger partial charge in [0.2, 0.25) is 0 Å². The number of hydrogen-bond donors (Lipinski definition) is 1. The number of pyridine rings is 1. The van der Waals surface area contributed by atoms with Crippen molar-refractivity contribution in [1.82, 2.24) is 10.3 Å². The highest BCUT2D eigenvalue weighted by molar-refractivity contribution is 5.28. The number of aromatic nitrogens is 1. The number of hydrogen-bond acceptors (Lipinski definition) is 2. The molecule has 1 saturated carbocycles. The van der Waals surface area contributed by atoms with Crippen LogP contribution in [0, 0.1) is 18.7 Å². The monoisotopic (exact) mass is 284 g/mol. The van der Waals surface area contributed by atoms with Crippen LogP contribution in [0.15, 0.2) is 42.7 Å². The van der Waals surface area contributed by atoms with Crippen molar-refractivity contribution in [3.63, 3.8) is 0 Å². The second-order valence-electron chi connectivity index (χ2n) is 6.00. The molecule has 3 heteroatoms. The van der Waals surface area contributed by atoms with Crippen LogP contribution in [0.25, 0.3) is 0 Å². The molecule has 1 aliphatic rings. The van der Waals surface area contributed by atoms with Gasteiger partial charge in [-0.3, -0.25) is 4.98 Å². The molecule has 21 heavy (non-hydrogen) atoms. The molecule has 1 N–H and O–H groups in total. The first-order chi connectivity index (χ1) is 10.1. The first kappa shape index (κ1) is 14.2. The maximum absolute atomic E-state index is 13.5. The number of halogens is 1. The van der Waals surface area contributed by atoms with Crippen LogP contribution in [0.3, 0.4) is 0 Å². The Kier molecular flexibility index (Phi) is 4.02. The maximum atomic E-state index is 13.5. The van der Waals surface area contributed by atoms with Gasteiger partial charge in [0.25, 0.3) is 0 Å². The van der Waals surface area contributed by atoms with Crippen LogP contribution >= 0.6 is 0 Å². The summed E-state index contributed by atoms with van der Waals surface area (Å²) in [5.41, 5.74) is 3.09. The van der Waals surface area contributed by atoms with E-state index in [0.717, 1.165) is 0 Å². The predicted molar refractivity (Wildman–Crippen MR) is 82.4 cm³/mol. The van der Waals surface area contributed by atoms with Gasteiger partial charge in [-0.2, -0.15) is 0 Å². The van der Waals surface area contributed by atoms with Gasteiger partial charge >= 0.3 is 0 Å². The zero-order chi connectivity index (χ0) is 14.8. The molecule has 2 nitrogen and oxygen atoms in total. The molecule has 0 aliphatic heterocycles. The van der Waals surface area contributed by atoms with Crippen molar-refractivity contribution in [1.29, 1.82) is 0 Å². The third kappa shape index (κ3) is 3.30. The molecule has 3 rings (SSSR count). The Morgan fingerprint density at radius 1 is 1.24 bits per heavy atom. The Morgan fingerprint density at radius 2 is 2.05 bits per heavy atom. The molecule has 1 aromatic heterocycles.